The van der Waals surface area contributed by atoms with E-state index in [0.29, 0.717) is 43.3 Å². The number of nitrogens with one attached hydrogen (secondary N) is 1. The van der Waals surface area contributed by atoms with E-state index >= 15 is 0 Å². The van der Waals surface area contributed by atoms with Crippen LogP contribution in [0.1, 0.15) is 31.7 Å². The third-order valence-electron chi connectivity index (χ3n) is 5.94. The van der Waals surface area contributed by atoms with Gasteiger partial charge in [0.15, 0.2) is 0 Å². The number of methoxy groups -OCH3 is 2. The Kier molecular flexibility index (Phi) is 12.1. The summed E-state index contributed by atoms with van der Waals surface area (Å²) < 4.78 is 60.6. The summed E-state index contributed by atoms with van der Waals surface area (Å²) in [5.74, 6) is 1.33. The summed E-state index contributed by atoms with van der Waals surface area (Å²) >= 11 is 0. The van der Waals surface area contributed by atoms with Crippen molar-refractivity contribution >= 4 is 22.1 Å². The molecule has 0 spiro atoms. The van der Waals surface area contributed by atoms with Gasteiger partial charge in [0.05, 0.1) is 19.8 Å². The molecule has 216 valence electrons. The van der Waals surface area contributed by atoms with E-state index < -0.39 is 16.4 Å². The van der Waals surface area contributed by atoms with Crippen molar-refractivity contribution < 1.29 is 41.1 Å². The van der Waals surface area contributed by atoms with E-state index in [1.54, 1.807) is 38.5 Å². The van der Waals surface area contributed by atoms with Gasteiger partial charge in [-0.05, 0) is 49.4 Å². The largest absolute Gasteiger partial charge is 0.496 e. The van der Waals surface area contributed by atoms with Gasteiger partial charge < -0.3 is 27.9 Å². The van der Waals surface area contributed by atoms with Crippen molar-refractivity contribution in [2.24, 2.45) is 0 Å². The Morgan fingerprint density at radius 1 is 1.05 bits per heavy atom. The van der Waals surface area contributed by atoms with Gasteiger partial charge in [0, 0.05) is 26.8 Å². The number of hydrogen-bond donors (Lipinski definition) is 1. The SMILES string of the molecule is CCCN(C(=O)OS(=O)(=O)NCCc1ccccc1OC)c1c(OCCOC)cccc1OCC1CCCO1. The van der Waals surface area contributed by atoms with E-state index in [2.05, 4.69) is 4.72 Å². The second kappa shape index (κ2) is 15.5. The highest BCUT2D eigenvalue weighted by Gasteiger charge is 2.29. The van der Waals surface area contributed by atoms with Crippen LogP contribution in [0.15, 0.2) is 42.5 Å². The van der Waals surface area contributed by atoms with E-state index in [4.69, 9.17) is 27.9 Å². The van der Waals surface area contributed by atoms with Crippen LogP contribution in [0.25, 0.3) is 0 Å². The molecule has 39 heavy (non-hydrogen) atoms. The van der Waals surface area contributed by atoms with Crippen molar-refractivity contribution in [2.75, 3.05) is 58.6 Å². The van der Waals surface area contributed by atoms with E-state index in [1.807, 2.05) is 25.1 Å². The van der Waals surface area contributed by atoms with Gasteiger partial charge in [0.1, 0.15) is 36.1 Å². The standard InChI is InChI=1S/C27H38N2O9S/c1-4-16-29(27(30)38-39(31,32)28-15-14-21-9-5-6-11-23(21)34-3)26-24(36-19-18-33-2)12-7-13-25(26)37-20-22-10-8-17-35-22/h5-7,9,11-13,22,28H,4,8,10,14-20H2,1-3H3. The first-order valence-electron chi connectivity index (χ1n) is 13.0. The lowest BCUT2D eigenvalue weighted by molar-refractivity contribution is 0.0679. The minimum Gasteiger partial charge on any atom is -0.496 e. The van der Waals surface area contributed by atoms with E-state index in [1.165, 1.54) is 4.90 Å². The number of rotatable bonds is 16. The molecule has 1 aliphatic heterocycles. The molecule has 0 bridgehead atoms. The molecule has 3 rings (SSSR count). The van der Waals surface area contributed by atoms with Crippen LogP contribution in [0, 0.1) is 0 Å². The topological polar surface area (TPSA) is 122 Å². The summed E-state index contributed by atoms with van der Waals surface area (Å²) in [5, 5.41) is 0. The number of hydrogen-bond acceptors (Lipinski definition) is 9. The van der Waals surface area contributed by atoms with Crippen molar-refractivity contribution in [2.45, 2.75) is 38.7 Å². The Hall–Kier alpha value is -3.06. The monoisotopic (exact) mass is 566 g/mol. The minimum absolute atomic E-state index is 0.0101. The average Bonchev–Trinajstić information content (AvgIpc) is 3.45. The summed E-state index contributed by atoms with van der Waals surface area (Å²) in [6.45, 7) is 3.54. The fourth-order valence-electron chi connectivity index (χ4n) is 4.10. The first-order chi connectivity index (χ1) is 18.9. The molecule has 0 aromatic heterocycles. The van der Waals surface area contributed by atoms with Gasteiger partial charge in [-0.15, -0.1) is 0 Å². The Morgan fingerprint density at radius 2 is 1.79 bits per heavy atom. The van der Waals surface area contributed by atoms with E-state index in [9.17, 15) is 13.2 Å². The highest BCUT2D eigenvalue weighted by Crippen LogP contribution is 2.39. The van der Waals surface area contributed by atoms with Gasteiger partial charge in [-0.3, -0.25) is 4.90 Å². The highest BCUT2D eigenvalue weighted by molar-refractivity contribution is 7.85. The van der Waals surface area contributed by atoms with Gasteiger partial charge in [-0.25, -0.2) is 4.79 Å². The average molecular weight is 567 g/mol. The number of anilines is 1. The number of nitrogens with zero attached hydrogens (tertiary/aromatic N) is 1. The van der Waals surface area contributed by atoms with Crippen molar-refractivity contribution in [3.8, 4) is 17.2 Å². The number of ether oxygens (including phenoxy) is 5. The van der Waals surface area contributed by atoms with Crippen LogP contribution in [0.2, 0.25) is 0 Å². The molecule has 2 aromatic carbocycles. The summed E-state index contributed by atoms with van der Waals surface area (Å²) in [4.78, 5) is 14.5. The van der Waals surface area contributed by atoms with Crippen LogP contribution in [0.3, 0.4) is 0 Å². The van der Waals surface area contributed by atoms with Crippen LogP contribution in [-0.4, -0.2) is 74.4 Å². The van der Waals surface area contributed by atoms with Gasteiger partial charge in [0.2, 0.25) is 0 Å². The number of benzene rings is 2. The quantitative estimate of drug-likeness (QED) is 0.303. The van der Waals surface area contributed by atoms with Crippen LogP contribution in [0.4, 0.5) is 10.5 Å². The molecule has 1 N–H and O–H groups in total. The normalized spacial score (nSPS) is 15.1. The lowest BCUT2D eigenvalue weighted by Crippen LogP contribution is -2.38. The third kappa shape index (κ3) is 9.27. The molecule has 0 radical (unpaired) electrons. The molecule has 0 saturated carbocycles. The molecule has 1 amide bonds. The zero-order chi connectivity index (χ0) is 28.1. The molecule has 2 aromatic rings. The summed E-state index contributed by atoms with van der Waals surface area (Å²) in [5.41, 5.74) is 1.10. The number of para-hydroxylation sites is 2. The summed E-state index contributed by atoms with van der Waals surface area (Å²) in [6.07, 6.45) is 1.56. The fourth-order valence-corrected chi connectivity index (χ4v) is 4.79. The Morgan fingerprint density at radius 3 is 2.49 bits per heavy atom. The van der Waals surface area contributed by atoms with E-state index in [0.717, 1.165) is 18.4 Å². The zero-order valence-corrected chi connectivity index (χ0v) is 23.5. The number of carbonyl (C=O) groups is 1. The predicted octanol–water partition coefficient (Wildman–Crippen LogP) is 3.71. The number of carbonyl (C=O) groups excluding carboxylic acids is 1. The van der Waals surface area contributed by atoms with Crippen LogP contribution < -0.4 is 23.8 Å². The molecule has 1 saturated heterocycles. The second-order valence-electron chi connectivity index (χ2n) is 8.80. The van der Waals surface area contributed by atoms with Crippen LogP contribution >= 0.6 is 0 Å². The molecule has 1 heterocycles. The zero-order valence-electron chi connectivity index (χ0n) is 22.7. The molecular formula is C27H38N2O9S. The molecule has 11 nitrogen and oxygen atoms in total. The van der Waals surface area contributed by atoms with Crippen molar-refractivity contribution in [1.29, 1.82) is 0 Å². The first-order valence-corrected chi connectivity index (χ1v) is 14.4. The molecule has 12 heteroatoms. The minimum atomic E-state index is -4.42. The maximum absolute atomic E-state index is 13.3. The molecule has 1 atom stereocenters. The predicted molar refractivity (Wildman–Crippen MR) is 146 cm³/mol. The summed E-state index contributed by atoms with van der Waals surface area (Å²) in [6, 6.07) is 12.4. The van der Waals surface area contributed by atoms with Crippen LogP contribution in [-0.2, 0) is 30.4 Å². The fraction of sp³-hybridized carbons (Fsp3) is 0.519. The first kappa shape index (κ1) is 30.5. The van der Waals surface area contributed by atoms with Crippen molar-refractivity contribution in [3.05, 3.63) is 48.0 Å². The Labute approximate surface area is 230 Å². The van der Waals surface area contributed by atoms with Crippen molar-refractivity contribution in [1.82, 2.24) is 4.72 Å². The Bertz CT molecular complexity index is 1150. The second-order valence-corrected chi connectivity index (χ2v) is 10.2. The lowest BCUT2D eigenvalue weighted by atomic mass is 10.1. The van der Waals surface area contributed by atoms with E-state index in [-0.39, 0.29) is 38.1 Å². The van der Waals surface area contributed by atoms with Gasteiger partial charge >= 0.3 is 16.4 Å². The third-order valence-corrected chi connectivity index (χ3v) is 6.86. The number of amides is 1. The lowest BCUT2D eigenvalue weighted by Gasteiger charge is -2.26. The molecular weight excluding hydrogens is 528 g/mol. The summed E-state index contributed by atoms with van der Waals surface area (Å²) in [7, 11) is -1.32. The van der Waals surface area contributed by atoms with Crippen LogP contribution in [0.5, 0.6) is 17.2 Å². The highest BCUT2D eigenvalue weighted by atomic mass is 32.2. The maximum Gasteiger partial charge on any atom is 0.431 e. The van der Waals surface area contributed by atoms with Gasteiger partial charge in [-0.2, -0.15) is 13.1 Å². The maximum atomic E-state index is 13.3. The molecule has 1 fully saturated rings. The Balaban J connectivity index is 1.77. The molecule has 1 unspecified atom stereocenters. The van der Waals surface area contributed by atoms with Gasteiger partial charge in [0.25, 0.3) is 0 Å². The smallest absolute Gasteiger partial charge is 0.431 e. The van der Waals surface area contributed by atoms with Crippen molar-refractivity contribution in [3.63, 3.8) is 0 Å². The molecule has 1 aliphatic rings. The van der Waals surface area contributed by atoms with Gasteiger partial charge in [-0.1, -0.05) is 31.2 Å². The molecule has 0 aliphatic carbocycles.